The Morgan fingerprint density at radius 3 is 2.71 bits per heavy atom. The lowest BCUT2D eigenvalue weighted by atomic mass is 10.1. The van der Waals surface area contributed by atoms with Crippen molar-refractivity contribution in [1.82, 2.24) is 15.5 Å². The topological polar surface area (TPSA) is 51.0 Å². The number of likely N-dealkylation sites (N-methyl/N-ethyl adjacent to an activating group) is 1. The van der Waals surface area contributed by atoms with Gasteiger partial charge in [-0.15, -0.1) is 0 Å². The lowest BCUT2D eigenvalue weighted by Gasteiger charge is -2.12. The summed E-state index contributed by atoms with van der Waals surface area (Å²) in [6.07, 6.45) is 2.36. The summed E-state index contributed by atoms with van der Waals surface area (Å²) < 4.78 is 5.31. The first-order valence-electron chi connectivity index (χ1n) is 7.11. The Hall–Kier alpha value is -1.10. The second-order valence-electron chi connectivity index (χ2n) is 4.90. The molecule has 0 aliphatic rings. The molecule has 1 N–H and O–H groups in total. The van der Waals surface area contributed by atoms with E-state index in [0.29, 0.717) is 34.2 Å². The highest BCUT2D eigenvalue weighted by molar-refractivity contribution is 6.42. The van der Waals surface area contributed by atoms with E-state index in [1.807, 2.05) is 12.1 Å². The minimum absolute atomic E-state index is 0.369. The predicted octanol–water partition coefficient (Wildman–Crippen LogP) is 3.90. The van der Waals surface area contributed by atoms with Gasteiger partial charge in [0.25, 0.3) is 0 Å². The van der Waals surface area contributed by atoms with Gasteiger partial charge in [-0.25, -0.2) is 0 Å². The Bertz CT molecular complexity index is 586. The van der Waals surface area contributed by atoms with Crippen molar-refractivity contribution in [2.75, 3.05) is 6.54 Å². The summed E-state index contributed by atoms with van der Waals surface area (Å²) in [4.78, 5) is 4.43. The maximum absolute atomic E-state index is 6.00. The lowest BCUT2D eigenvalue weighted by molar-refractivity contribution is 0.352. The molecule has 0 aliphatic heterocycles. The van der Waals surface area contributed by atoms with E-state index in [2.05, 4.69) is 29.3 Å². The molecule has 1 unspecified atom stereocenters. The third kappa shape index (κ3) is 4.70. The van der Waals surface area contributed by atoms with Gasteiger partial charge in [0.1, 0.15) is 0 Å². The minimum Gasteiger partial charge on any atom is -0.339 e. The van der Waals surface area contributed by atoms with Crippen LogP contribution in [-0.2, 0) is 12.8 Å². The van der Waals surface area contributed by atoms with E-state index in [0.717, 1.165) is 24.9 Å². The molecule has 1 heterocycles. The van der Waals surface area contributed by atoms with Crippen molar-refractivity contribution in [2.24, 2.45) is 0 Å². The SMILES string of the molecule is CCNC(CC)Cc1nc(Cc2ccc(Cl)c(Cl)c2)no1. The molecule has 21 heavy (non-hydrogen) atoms. The lowest BCUT2D eigenvalue weighted by Crippen LogP contribution is -2.30. The standard InChI is InChI=1S/C15H19Cl2N3O/c1-3-11(18-4-2)9-15-19-14(20-21-15)8-10-5-6-12(16)13(17)7-10/h5-7,11,18H,3-4,8-9H2,1-2H3. The third-order valence-electron chi connectivity index (χ3n) is 3.26. The van der Waals surface area contributed by atoms with Crippen LogP contribution >= 0.6 is 23.2 Å². The molecule has 6 heteroatoms. The molecule has 4 nitrogen and oxygen atoms in total. The van der Waals surface area contributed by atoms with Crippen molar-refractivity contribution in [3.8, 4) is 0 Å². The van der Waals surface area contributed by atoms with E-state index in [4.69, 9.17) is 27.7 Å². The highest BCUT2D eigenvalue weighted by Gasteiger charge is 2.13. The molecule has 0 fully saturated rings. The molecular weight excluding hydrogens is 309 g/mol. The number of halogens is 2. The summed E-state index contributed by atoms with van der Waals surface area (Å²) in [5.74, 6) is 1.33. The first-order valence-corrected chi connectivity index (χ1v) is 7.86. The van der Waals surface area contributed by atoms with E-state index in [1.165, 1.54) is 0 Å². The highest BCUT2D eigenvalue weighted by atomic mass is 35.5. The Morgan fingerprint density at radius 2 is 2.05 bits per heavy atom. The maximum atomic E-state index is 6.00. The van der Waals surface area contributed by atoms with Crippen LogP contribution in [0.2, 0.25) is 10.0 Å². The Balaban J connectivity index is 2.00. The first-order chi connectivity index (χ1) is 10.1. The number of nitrogens with zero attached hydrogens (tertiary/aromatic N) is 2. The Morgan fingerprint density at radius 1 is 1.24 bits per heavy atom. The average molecular weight is 328 g/mol. The van der Waals surface area contributed by atoms with Gasteiger partial charge in [0.15, 0.2) is 5.82 Å². The van der Waals surface area contributed by atoms with Gasteiger partial charge in [-0.2, -0.15) is 4.98 Å². The fraction of sp³-hybridized carbons (Fsp3) is 0.467. The zero-order valence-corrected chi connectivity index (χ0v) is 13.7. The zero-order valence-electron chi connectivity index (χ0n) is 12.2. The molecule has 0 bridgehead atoms. The fourth-order valence-electron chi connectivity index (χ4n) is 2.14. The normalized spacial score (nSPS) is 12.6. The average Bonchev–Trinajstić information content (AvgIpc) is 2.89. The van der Waals surface area contributed by atoms with Crippen molar-refractivity contribution >= 4 is 23.2 Å². The van der Waals surface area contributed by atoms with Crippen LogP contribution in [0, 0.1) is 0 Å². The van der Waals surface area contributed by atoms with Crippen molar-refractivity contribution in [3.63, 3.8) is 0 Å². The van der Waals surface area contributed by atoms with Gasteiger partial charge < -0.3 is 9.84 Å². The number of aromatic nitrogens is 2. The molecule has 2 rings (SSSR count). The molecule has 0 amide bonds. The number of hydrogen-bond acceptors (Lipinski definition) is 4. The second-order valence-corrected chi connectivity index (χ2v) is 5.71. The summed E-state index contributed by atoms with van der Waals surface area (Å²) in [6.45, 7) is 5.16. The monoisotopic (exact) mass is 327 g/mol. The van der Waals surface area contributed by atoms with Gasteiger partial charge in [-0.05, 0) is 30.7 Å². The van der Waals surface area contributed by atoms with Crippen LogP contribution in [0.15, 0.2) is 22.7 Å². The molecule has 1 aromatic heterocycles. The molecule has 0 saturated heterocycles. The molecule has 0 aliphatic carbocycles. The summed E-state index contributed by atoms with van der Waals surface area (Å²) in [5.41, 5.74) is 1.01. The van der Waals surface area contributed by atoms with Crippen LogP contribution in [0.25, 0.3) is 0 Å². The van der Waals surface area contributed by atoms with Crippen LogP contribution in [0.1, 0.15) is 37.5 Å². The predicted molar refractivity (Wildman–Crippen MR) is 85.0 cm³/mol. The van der Waals surface area contributed by atoms with Gasteiger partial charge in [-0.1, -0.05) is 48.3 Å². The fourth-order valence-corrected chi connectivity index (χ4v) is 2.46. The second kappa shape index (κ2) is 7.78. The van der Waals surface area contributed by atoms with Gasteiger partial charge in [-0.3, -0.25) is 0 Å². The number of hydrogen-bond donors (Lipinski definition) is 1. The molecule has 2 aromatic rings. The molecular formula is C15H19Cl2N3O. The molecule has 114 valence electrons. The maximum Gasteiger partial charge on any atom is 0.228 e. The van der Waals surface area contributed by atoms with Crippen LogP contribution in [-0.4, -0.2) is 22.7 Å². The van der Waals surface area contributed by atoms with Crippen LogP contribution in [0.5, 0.6) is 0 Å². The Kier molecular flexibility index (Phi) is 6.03. The van der Waals surface area contributed by atoms with E-state index in [1.54, 1.807) is 6.07 Å². The van der Waals surface area contributed by atoms with E-state index in [9.17, 15) is 0 Å². The zero-order chi connectivity index (χ0) is 15.2. The molecule has 1 aromatic carbocycles. The van der Waals surface area contributed by atoms with Crippen molar-refractivity contribution < 1.29 is 4.52 Å². The van der Waals surface area contributed by atoms with Crippen LogP contribution in [0.4, 0.5) is 0 Å². The van der Waals surface area contributed by atoms with Crippen LogP contribution < -0.4 is 5.32 Å². The summed E-state index contributed by atoms with van der Waals surface area (Å²) in [5, 5.41) is 8.50. The smallest absolute Gasteiger partial charge is 0.228 e. The quantitative estimate of drug-likeness (QED) is 0.837. The Labute approximate surface area is 134 Å². The first kappa shape index (κ1) is 16.3. The van der Waals surface area contributed by atoms with Gasteiger partial charge in [0, 0.05) is 18.9 Å². The van der Waals surface area contributed by atoms with Gasteiger partial charge >= 0.3 is 0 Å². The third-order valence-corrected chi connectivity index (χ3v) is 4.00. The highest BCUT2D eigenvalue weighted by Crippen LogP contribution is 2.23. The molecule has 0 radical (unpaired) electrons. The van der Waals surface area contributed by atoms with Crippen molar-refractivity contribution in [3.05, 3.63) is 45.5 Å². The van der Waals surface area contributed by atoms with E-state index in [-0.39, 0.29) is 0 Å². The summed E-state index contributed by atoms with van der Waals surface area (Å²) in [7, 11) is 0. The van der Waals surface area contributed by atoms with Gasteiger partial charge in [0.05, 0.1) is 10.0 Å². The largest absolute Gasteiger partial charge is 0.339 e. The van der Waals surface area contributed by atoms with Crippen molar-refractivity contribution in [2.45, 2.75) is 39.2 Å². The minimum atomic E-state index is 0.369. The molecule has 0 saturated carbocycles. The van der Waals surface area contributed by atoms with Crippen molar-refractivity contribution in [1.29, 1.82) is 0 Å². The molecule has 0 spiro atoms. The van der Waals surface area contributed by atoms with Crippen LogP contribution in [0.3, 0.4) is 0 Å². The van der Waals surface area contributed by atoms with E-state index >= 15 is 0 Å². The summed E-state index contributed by atoms with van der Waals surface area (Å²) >= 11 is 11.9. The summed E-state index contributed by atoms with van der Waals surface area (Å²) in [6, 6.07) is 5.89. The number of nitrogens with one attached hydrogen (secondary N) is 1. The number of benzene rings is 1. The van der Waals surface area contributed by atoms with E-state index < -0.39 is 0 Å². The van der Waals surface area contributed by atoms with Gasteiger partial charge in [0.2, 0.25) is 5.89 Å². The number of rotatable bonds is 7. The molecule has 1 atom stereocenters.